The third-order valence-corrected chi connectivity index (χ3v) is 3.41. The molecule has 0 bridgehead atoms. The van der Waals surface area contributed by atoms with E-state index in [1.165, 1.54) is 10.9 Å². The lowest BCUT2D eigenvalue weighted by Crippen LogP contribution is -2.33. The number of carbonyl (C=O) groups is 1. The molecule has 0 atom stereocenters. The van der Waals surface area contributed by atoms with Gasteiger partial charge in [-0.2, -0.15) is 5.10 Å². The highest BCUT2D eigenvalue weighted by molar-refractivity contribution is 6.33. The Morgan fingerprint density at radius 3 is 2.95 bits per heavy atom. The van der Waals surface area contributed by atoms with Gasteiger partial charge in [0.1, 0.15) is 5.69 Å². The molecule has 1 aromatic heterocycles. The molecule has 0 saturated heterocycles. The summed E-state index contributed by atoms with van der Waals surface area (Å²) in [6.45, 7) is 3.25. The molecule has 1 aliphatic carbocycles. The Morgan fingerprint density at radius 2 is 2.30 bits per heavy atom. The quantitative estimate of drug-likeness (QED) is 0.794. The number of carbonyl (C=O) groups excluding carboxylic acids is 1. The van der Waals surface area contributed by atoms with Crippen LogP contribution in [-0.4, -0.2) is 28.8 Å². The third-order valence-electron chi connectivity index (χ3n) is 3.12. The molecule has 0 spiro atoms. The van der Waals surface area contributed by atoms with Gasteiger partial charge in [0, 0.05) is 13.1 Å². The van der Waals surface area contributed by atoms with Crippen molar-refractivity contribution in [2.75, 3.05) is 18.4 Å². The first-order valence-electron chi connectivity index (χ1n) is 6.88. The smallest absolute Gasteiger partial charge is 0.291 e. The minimum Gasteiger partial charge on any atom is -0.370 e. The van der Waals surface area contributed by atoms with Crippen molar-refractivity contribution < 1.29 is 4.79 Å². The van der Waals surface area contributed by atoms with Crippen molar-refractivity contribution in [3.63, 3.8) is 0 Å². The standard InChI is InChI=1S/C13H19ClN4O2/c1-2-5-15-11(19)7-16-12-10(14)6-17-18(13(12)20)8-9-3-4-9/h6,9,16H,2-5,7-8H2,1H3,(H,15,19). The molecule has 1 aliphatic rings. The van der Waals surface area contributed by atoms with E-state index in [0.29, 0.717) is 19.0 Å². The van der Waals surface area contributed by atoms with Gasteiger partial charge in [0.2, 0.25) is 5.91 Å². The summed E-state index contributed by atoms with van der Waals surface area (Å²) >= 11 is 5.97. The minimum atomic E-state index is -0.271. The summed E-state index contributed by atoms with van der Waals surface area (Å²) in [7, 11) is 0. The topological polar surface area (TPSA) is 76.0 Å². The van der Waals surface area contributed by atoms with Gasteiger partial charge in [-0.05, 0) is 25.2 Å². The van der Waals surface area contributed by atoms with Gasteiger partial charge in [0.05, 0.1) is 17.8 Å². The number of rotatable bonds is 7. The Kier molecular flexibility index (Phi) is 5.00. The molecule has 1 heterocycles. The Morgan fingerprint density at radius 1 is 1.55 bits per heavy atom. The van der Waals surface area contributed by atoms with E-state index >= 15 is 0 Å². The van der Waals surface area contributed by atoms with Crippen molar-refractivity contribution in [2.24, 2.45) is 5.92 Å². The summed E-state index contributed by atoms with van der Waals surface area (Å²) in [5, 5.41) is 9.80. The Labute approximate surface area is 122 Å². The number of nitrogens with zero attached hydrogens (tertiary/aromatic N) is 2. The predicted molar refractivity (Wildman–Crippen MR) is 78.0 cm³/mol. The zero-order chi connectivity index (χ0) is 14.5. The monoisotopic (exact) mass is 298 g/mol. The van der Waals surface area contributed by atoms with Crippen LogP contribution < -0.4 is 16.2 Å². The van der Waals surface area contributed by atoms with Gasteiger partial charge in [-0.25, -0.2) is 4.68 Å². The molecule has 0 aromatic carbocycles. The molecule has 0 unspecified atom stereocenters. The number of hydrogen-bond donors (Lipinski definition) is 2. The maximum atomic E-state index is 12.2. The molecule has 1 fully saturated rings. The molecular weight excluding hydrogens is 280 g/mol. The molecule has 0 aliphatic heterocycles. The Hall–Kier alpha value is -1.56. The zero-order valence-electron chi connectivity index (χ0n) is 11.5. The van der Waals surface area contributed by atoms with Crippen molar-refractivity contribution in [1.29, 1.82) is 0 Å². The molecular formula is C13H19ClN4O2. The fourth-order valence-corrected chi connectivity index (χ4v) is 1.99. The highest BCUT2D eigenvalue weighted by atomic mass is 35.5. The number of halogens is 1. The number of nitrogens with one attached hydrogen (secondary N) is 2. The highest BCUT2D eigenvalue weighted by Gasteiger charge is 2.23. The summed E-state index contributed by atoms with van der Waals surface area (Å²) < 4.78 is 1.41. The van der Waals surface area contributed by atoms with Crippen molar-refractivity contribution in [1.82, 2.24) is 15.1 Å². The lowest BCUT2D eigenvalue weighted by Gasteiger charge is -2.10. The molecule has 2 rings (SSSR count). The predicted octanol–water partition coefficient (Wildman–Crippen LogP) is 1.24. The molecule has 2 N–H and O–H groups in total. The van der Waals surface area contributed by atoms with Gasteiger partial charge in [-0.15, -0.1) is 0 Å². The van der Waals surface area contributed by atoms with Gasteiger partial charge >= 0.3 is 0 Å². The van der Waals surface area contributed by atoms with Crippen molar-refractivity contribution in [2.45, 2.75) is 32.7 Å². The molecule has 1 aromatic rings. The van der Waals surface area contributed by atoms with Gasteiger partial charge in [0.25, 0.3) is 5.56 Å². The van der Waals surface area contributed by atoms with Crippen LogP contribution >= 0.6 is 11.6 Å². The summed E-state index contributed by atoms with van der Waals surface area (Å²) in [6.07, 6.45) is 4.59. The van der Waals surface area contributed by atoms with Crippen molar-refractivity contribution in [3.05, 3.63) is 21.6 Å². The normalized spacial score (nSPS) is 14.1. The molecule has 6 nitrogen and oxygen atoms in total. The molecule has 110 valence electrons. The largest absolute Gasteiger partial charge is 0.370 e. The van der Waals surface area contributed by atoms with E-state index in [2.05, 4.69) is 15.7 Å². The van der Waals surface area contributed by atoms with Crippen molar-refractivity contribution in [3.8, 4) is 0 Å². The number of amides is 1. The second kappa shape index (κ2) is 6.74. The average molecular weight is 299 g/mol. The molecule has 1 amide bonds. The van der Waals surface area contributed by atoms with E-state index in [4.69, 9.17) is 11.6 Å². The summed E-state index contributed by atoms with van der Waals surface area (Å²) in [5.41, 5.74) is -0.0262. The average Bonchev–Trinajstić information content (AvgIpc) is 3.23. The fourth-order valence-electron chi connectivity index (χ4n) is 1.80. The van der Waals surface area contributed by atoms with Gasteiger partial charge < -0.3 is 10.6 Å². The summed E-state index contributed by atoms with van der Waals surface area (Å²) in [4.78, 5) is 23.7. The van der Waals surface area contributed by atoms with Crippen LogP contribution in [0.25, 0.3) is 0 Å². The highest BCUT2D eigenvalue weighted by Crippen LogP contribution is 2.30. The summed E-state index contributed by atoms with van der Waals surface area (Å²) in [5.74, 6) is 0.384. The van der Waals surface area contributed by atoms with Crippen LogP contribution in [0.15, 0.2) is 11.0 Å². The molecule has 20 heavy (non-hydrogen) atoms. The zero-order valence-corrected chi connectivity index (χ0v) is 12.2. The number of anilines is 1. The first kappa shape index (κ1) is 14.8. The second-order valence-corrected chi connectivity index (χ2v) is 5.41. The maximum absolute atomic E-state index is 12.2. The molecule has 7 heteroatoms. The van der Waals surface area contributed by atoms with E-state index in [1.807, 2.05) is 6.92 Å². The van der Waals surface area contributed by atoms with E-state index < -0.39 is 0 Å². The lowest BCUT2D eigenvalue weighted by atomic mass is 10.4. The van der Waals surface area contributed by atoms with Gasteiger partial charge in [0.15, 0.2) is 0 Å². The van der Waals surface area contributed by atoms with Crippen LogP contribution in [0.2, 0.25) is 5.02 Å². The summed E-state index contributed by atoms with van der Waals surface area (Å²) in [6, 6.07) is 0. The molecule has 1 saturated carbocycles. The van der Waals surface area contributed by atoms with E-state index in [0.717, 1.165) is 19.3 Å². The number of aromatic nitrogens is 2. The third kappa shape index (κ3) is 3.96. The van der Waals surface area contributed by atoms with Crippen LogP contribution in [-0.2, 0) is 11.3 Å². The SMILES string of the molecule is CCCNC(=O)CNc1c(Cl)cnn(CC2CC2)c1=O. The minimum absolute atomic E-state index is 0.0302. The fraction of sp³-hybridized carbons (Fsp3) is 0.615. The Balaban J connectivity index is 2.02. The van der Waals surface area contributed by atoms with Gasteiger partial charge in [-0.3, -0.25) is 9.59 Å². The van der Waals surface area contributed by atoms with Crippen molar-refractivity contribution >= 4 is 23.2 Å². The van der Waals surface area contributed by atoms with Gasteiger partial charge in [-0.1, -0.05) is 18.5 Å². The Bertz CT molecular complexity index is 540. The van der Waals surface area contributed by atoms with Crippen LogP contribution in [0.1, 0.15) is 26.2 Å². The van der Waals surface area contributed by atoms with Crippen LogP contribution in [0, 0.1) is 5.92 Å². The molecule has 0 radical (unpaired) electrons. The van der Waals surface area contributed by atoms with Crippen LogP contribution in [0.3, 0.4) is 0 Å². The second-order valence-electron chi connectivity index (χ2n) is 5.00. The number of hydrogen-bond acceptors (Lipinski definition) is 4. The van der Waals surface area contributed by atoms with Crippen LogP contribution in [0.4, 0.5) is 5.69 Å². The van der Waals surface area contributed by atoms with E-state index in [1.54, 1.807) is 0 Å². The maximum Gasteiger partial charge on any atom is 0.291 e. The van der Waals surface area contributed by atoms with E-state index in [9.17, 15) is 9.59 Å². The van der Waals surface area contributed by atoms with E-state index in [-0.39, 0.29) is 28.7 Å². The lowest BCUT2D eigenvalue weighted by molar-refractivity contribution is -0.119. The first-order chi connectivity index (χ1) is 9.61. The first-order valence-corrected chi connectivity index (χ1v) is 7.25. The van der Waals surface area contributed by atoms with Crippen LogP contribution in [0.5, 0.6) is 0 Å².